The van der Waals surface area contributed by atoms with Gasteiger partial charge in [0.15, 0.2) is 0 Å². The molecule has 0 bridgehead atoms. The normalized spacial score (nSPS) is 11.4. The largest absolute Gasteiger partial charge is 0.573 e. The van der Waals surface area contributed by atoms with Crippen LogP contribution in [0.1, 0.15) is 0 Å². The minimum atomic E-state index is -4.72. The lowest BCUT2D eigenvalue weighted by Crippen LogP contribution is -2.17. The highest BCUT2D eigenvalue weighted by Gasteiger charge is 2.31. The van der Waals surface area contributed by atoms with Crippen LogP contribution in [0.25, 0.3) is 0 Å². The van der Waals surface area contributed by atoms with E-state index in [2.05, 4.69) is 10.1 Å². The number of alkyl halides is 3. The second kappa shape index (κ2) is 5.97. The molecule has 1 aromatic rings. The summed E-state index contributed by atoms with van der Waals surface area (Å²) in [7, 11) is 1.76. The summed E-state index contributed by atoms with van der Waals surface area (Å²) in [6.45, 7) is 0.979. The fourth-order valence-corrected chi connectivity index (χ4v) is 1.28. The van der Waals surface area contributed by atoms with Crippen molar-refractivity contribution < 1.29 is 22.6 Å². The maximum atomic E-state index is 11.9. The second-order valence-electron chi connectivity index (χ2n) is 3.09. The molecule has 0 saturated carbocycles. The standard InChI is InChI=1S/C10H11ClF3NO2/c1-15-4-5-16-9-3-2-7(6-8(9)11)17-10(12,13)14/h2-3,6,15H,4-5H2,1H3. The SMILES string of the molecule is CNCCOc1ccc(OC(F)(F)F)cc1Cl. The van der Waals surface area contributed by atoms with Crippen molar-refractivity contribution in [1.29, 1.82) is 0 Å². The highest BCUT2D eigenvalue weighted by Crippen LogP contribution is 2.31. The first kappa shape index (κ1) is 13.9. The number of ether oxygens (including phenoxy) is 2. The molecule has 0 saturated heterocycles. The van der Waals surface area contributed by atoms with Gasteiger partial charge in [0.2, 0.25) is 0 Å². The van der Waals surface area contributed by atoms with Crippen LogP contribution in [-0.2, 0) is 0 Å². The summed E-state index contributed by atoms with van der Waals surface area (Å²) < 4.78 is 44.7. The maximum Gasteiger partial charge on any atom is 0.573 e. The molecule has 1 N–H and O–H groups in total. The van der Waals surface area contributed by atoms with Crippen molar-refractivity contribution in [2.45, 2.75) is 6.36 Å². The predicted molar refractivity (Wildman–Crippen MR) is 57.6 cm³/mol. The quantitative estimate of drug-likeness (QED) is 0.834. The van der Waals surface area contributed by atoms with Crippen LogP contribution in [0.5, 0.6) is 11.5 Å². The van der Waals surface area contributed by atoms with Gasteiger partial charge < -0.3 is 14.8 Å². The molecule has 0 atom stereocenters. The van der Waals surface area contributed by atoms with E-state index in [4.69, 9.17) is 16.3 Å². The van der Waals surface area contributed by atoms with Gasteiger partial charge in [-0.05, 0) is 19.2 Å². The molecule has 0 aliphatic heterocycles. The minimum absolute atomic E-state index is 0.0721. The number of hydrogen-bond acceptors (Lipinski definition) is 3. The summed E-state index contributed by atoms with van der Waals surface area (Å²) in [6.07, 6.45) is -4.72. The van der Waals surface area contributed by atoms with Crippen molar-refractivity contribution in [3.05, 3.63) is 23.2 Å². The number of hydrogen-bond donors (Lipinski definition) is 1. The number of halogens is 4. The third-order valence-corrected chi connectivity index (χ3v) is 2.04. The summed E-state index contributed by atoms with van der Waals surface area (Å²) in [5.41, 5.74) is 0. The molecule has 0 spiro atoms. The topological polar surface area (TPSA) is 30.5 Å². The Balaban J connectivity index is 2.66. The molecule has 1 rings (SSSR count). The van der Waals surface area contributed by atoms with E-state index in [1.54, 1.807) is 7.05 Å². The van der Waals surface area contributed by atoms with Crippen LogP contribution in [0, 0.1) is 0 Å². The molecule has 96 valence electrons. The highest BCUT2D eigenvalue weighted by molar-refractivity contribution is 6.32. The third kappa shape index (κ3) is 5.14. The molecule has 17 heavy (non-hydrogen) atoms. The highest BCUT2D eigenvalue weighted by atomic mass is 35.5. The first-order chi connectivity index (χ1) is 7.92. The Bertz CT molecular complexity index is 371. The van der Waals surface area contributed by atoms with E-state index in [1.807, 2.05) is 0 Å². The van der Waals surface area contributed by atoms with E-state index in [0.29, 0.717) is 18.9 Å². The van der Waals surface area contributed by atoms with Crippen molar-refractivity contribution in [1.82, 2.24) is 5.32 Å². The Hall–Kier alpha value is -1.14. The van der Waals surface area contributed by atoms with E-state index in [9.17, 15) is 13.2 Å². The predicted octanol–water partition coefficient (Wildman–Crippen LogP) is 2.84. The average molecular weight is 270 g/mol. The Kier molecular flexibility index (Phi) is 4.89. The summed E-state index contributed by atoms with van der Waals surface area (Å²) in [5, 5.41) is 2.93. The molecule has 0 aromatic heterocycles. The lowest BCUT2D eigenvalue weighted by molar-refractivity contribution is -0.274. The minimum Gasteiger partial charge on any atom is -0.491 e. The van der Waals surface area contributed by atoms with Crippen LogP contribution < -0.4 is 14.8 Å². The van der Waals surface area contributed by atoms with E-state index < -0.39 is 6.36 Å². The molecular weight excluding hydrogens is 259 g/mol. The first-order valence-corrected chi connectivity index (χ1v) is 5.13. The number of nitrogens with one attached hydrogen (secondary N) is 1. The van der Waals surface area contributed by atoms with Gasteiger partial charge in [-0.3, -0.25) is 0 Å². The van der Waals surface area contributed by atoms with E-state index in [0.717, 1.165) is 12.1 Å². The molecule has 0 unspecified atom stereocenters. The number of benzene rings is 1. The van der Waals surface area contributed by atoms with Crippen molar-refractivity contribution in [3.63, 3.8) is 0 Å². The van der Waals surface area contributed by atoms with Crippen LogP contribution >= 0.6 is 11.6 Å². The van der Waals surface area contributed by atoms with Crippen molar-refractivity contribution in [2.24, 2.45) is 0 Å². The zero-order valence-electron chi connectivity index (χ0n) is 8.97. The van der Waals surface area contributed by atoms with Gasteiger partial charge in [0.25, 0.3) is 0 Å². The van der Waals surface area contributed by atoms with E-state index >= 15 is 0 Å². The van der Waals surface area contributed by atoms with Crippen molar-refractivity contribution in [2.75, 3.05) is 20.2 Å². The Morgan fingerprint density at radius 3 is 2.59 bits per heavy atom. The molecule has 0 heterocycles. The van der Waals surface area contributed by atoms with Gasteiger partial charge in [0, 0.05) is 12.6 Å². The molecule has 0 radical (unpaired) electrons. The molecular formula is C10H11ClF3NO2. The summed E-state index contributed by atoms with van der Waals surface area (Å²) in [5.74, 6) is -0.0556. The van der Waals surface area contributed by atoms with E-state index in [1.165, 1.54) is 6.07 Å². The van der Waals surface area contributed by atoms with Gasteiger partial charge in [-0.1, -0.05) is 11.6 Å². The smallest absolute Gasteiger partial charge is 0.491 e. The van der Waals surface area contributed by atoms with Gasteiger partial charge in [-0.15, -0.1) is 13.2 Å². The van der Waals surface area contributed by atoms with E-state index in [-0.39, 0.29) is 10.8 Å². The van der Waals surface area contributed by atoms with Gasteiger partial charge >= 0.3 is 6.36 Å². The Labute approximate surface area is 101 Å². The van der Waals surface area contributed by atoms with Gasteiger partial charge in [0.05, 0.1) is 5.02 Å². The third-order valence-electron chi connectivity index (χ3n) is 1.75. The molecule has 0 fully saturated rings. The van der Waals surface area contributed by atoms with Crippen molar-refractivity contribution in [3.8, 4) is 11.5 Å². The molecule has 0 aliphatic carbocycles. The van der Waals surface area contributed by atoms with Gasteiger partial charge in [0.1, 0.15) is 18.1 Å². The molecule has 3 nitrogen and oxygen atoms in total. The molecule has 0 aliphatic rings. The number of rotatable bonds is 5. The van der Waals surface area contributed by atoms with Gasteiger partial charge in [-0.25, -0.2) is 0 Å². The van der Waals surface area contributed by atoms with Crippen LogP contribution in [0.3, 0.4) is 0 Å². The zero-order valence-corrected chi connectivity index (χ0v) is 9.73. The van der Waals surface area contributed by atoms with Crippen LogP contribution in [-0.4, -0.2) is 26.6 Å². The molecule has 1 aromatic carbocycles. The Morgan fingerprint density at radius 1 is 1.35 bits per heavy atom. The summed E-state index contributed by atoms with van der Waals surface area (Å²) >= 11 is 5.74. The fraction of sp³-hybridized carbons (Fsp3) is 0.400. The maximum absolute atomic E-state index is 11.9. The second-order valence-corrected chi connectivity index (χ2v) is 3.50. The fourth-order valence-electron chi connectivity index (χ4n) is 1.06. The zero-order chi connectivity index (χ0) is 12.9. The van der Waals surface area contributed by atoms with Crippen LogP contribution in [0.15, 0.2) is 18.2 Å². The summed E-state index contributed by atoms with van der Waals surface area (Å²) in [6, 6.07) is 3.54. The Morgan fingerprint density at radius 2 is 2.06 bits per heavy atom. The molecule has 0 amide bonds. The first-order valence-electron chi connectivity index (χ1n) is 4.75. The van der Waals surface area contributed by atoms with Gasteiger partial charge in [-0.2, -0.15) is 0 Å². The molecule has 7 heteroatoms. The van der Waals surface area contributed by atoms with Crippen LogP contribution in [0.4, 0.5) is 13.2 Å². The summed E-state index contributed by atoms with van der Waals surface area (Å²) in [4.78, 5) is 0. The monoisotopic (exact) mass is 269 g/mol. The average Bonchev–Trinajstić information content (AvgIpc) is 2.19. The van der Waals surface area contributed by atoms with Crippen molar-refractivity contribution >= 4 is 11.6 Å². The lowest BCUT2D eigenvalue weighted by atomic mass is 10.3. The lowest BCUT2D eigenvalue weighted by Gasteiger charge is -2.11. The number of likely N-dealkylation sites (N-methyl/N-ethyl adjacent to an activating group) is 1. The van der Waals surface area contributed by atoms with Crippen LogP contribution in [0.2, 0.25) is 5.02 Å².